The van der Waals surface area contributed by atoms with Gasteiger partial charge in [-0.15, -0.1) is 11.3 Å². The Bertz CT molecular complexity index is 505. The Morgan fingerprint density at radius 3 is 2.31 bits per heavy atom. The standard InChI is InChI=1S/C15H26N2O2S.C2H2O4/c1-2-5-16-6-8-17(9-7-16)11-14(18)12-19-13-15-4-3-10-20-15;3-1(4)2(5)6/h3-4,10,14,18H,2,5-9,11-13H2,1H3;(H,3,4)(H,5,6). The number of β-amino-alcohol motifs (C(OH)–C–C–N with tert-alkyl or cyclic N) is 1. The Kier molecular flexibility index (Phi) is 11.1. The molecule has 8 nitrogen and oxygen atoms in total. The monoisotopic (exact) mass is 388 g/mol. The first-order valence-electron chi connectivity index (χ1n) is 8.61. The molecule has 0 radical (unpaired) electrons. The summed E-state index contributed by atoms with van der Waals surface area (Å²) in [7, 11) is 0. The molecular formula is C17H28N2O6S. The van der Waals surface area contributed by atoms with Crippen molar-refractivity contribution in [2.45, 2.75) is 26.1 Å². The van der Waals surface area contributed by atoms with Gasteiger partial charge in [0.05, 0.1) is 19.3 Å². The van der Waals surface area contributed by atoms with Crippen LogP contribution in [0.2, 0.25) is 0 Å². The van der Waals surface area contributed by atoms with Crippen molar-refractivity contribution in [1.29, 1.82) is 0 Å². The third-order valence-electron chi connectivity index (χ3n) is 3.79. The lowest BCUT2D eigenvalue weighted by Crippen LogP contribution is -2.49. The van der Waals surface area contributed by atoms with E-state index >= 15 is 0 Å². The van der Waals surface area contributed by atoms with Crippen molar-refractivity contribution < 1.29 is 29.6 Å². The Labute approximate surface area is 157 Å². The number of carboxylic acids is 2. The second-order valence-electron chi connectivity index (χ2n) is 6.00. The number of aliphatic hydroxyl groups is 1. The van der Waals surface area contributed by atoms with Gasteiger partial charge in [-0.25, -0.2) is 9.59 Å². The number of aliphatic hydroxyl groups excluding tert-OH is 1. The van der Waals surface area contributed by atoms with Crippen LogP contribution in [0.15, 0.2) is 17.5 Å². The molecule has 3 N–H and O–H groups in total. The quantitative estimate of drug-likeness (QED) is 0.561. The smallest absolute Gasteiger partial charge is 0.414 e. The van der Waals surface area contributed by atoms with Gasteiger partial charge >= 0.3 is 11.9 Å². The average Bonchev–Trinajstić information content (AvgIpc) is 3.11. The Morgan fingerprint density at radius 2 is 1.81 bits per heavy atom. The fourth-order valence-corrected chi connectivity index (χ4v) is 3.19. The maximum Gasteiger partial charge on any atom is 0.414 e. The Hall–Kier alpha value is -1.52. The van der Waals surface area contributed by atoms with Crippen LogP contribution in [0.5, 0.6) is 0 Å². The van der Waals surface area contributed by atoms with Crippen LogP contribution in [0.3, 0.4) is 0 Å². The molecule has 0 aliphatic carbocycles. The van der Waals surface area contributed by atoms with Gasteiger partial charge < -0.3 is 25.0 Å². The minimum absolute atomic E-state index is 0.382. The van der Waals surface area contributed by atoms with E-state index < -0.39 is 11.9 Å². The van der Waals surface area contributed by atoms with E-state index in [-0.39, 0.29) is 6.10 Å². The second kappa shape index (κ2) is 12.8. The van der Waals surface area contributed by atoms with Crippen molar-refractivity contribution in [2.75, 3.05) is 45.9 Å². The second-order valence-corrected chi connectivity index (χ2v) is 7.03. The molecule has 0 bridgehead atoms. The van der Waals surface area contributed by atoms with Gasteiger partial charge in [0.2, 0.25) is 0 Å². The van der Waals surface area contributed by atoms with Gasteiger partial charge in [0.25, 0.3) is 0 Å². The van der Waals surface area contributed by atoms with E-state index in [1.54, 1.807) is 11.3 Å². The number of rotatable bonds is 8. The number of ether oxygens (including phenoxy) is 1. The largest absolute Gasteiger partial charge is 0.473 e. The van der Waals surface area contributed by atoms with Crippen LogP contribution in [0.25, 0.3) is 0 Å². The van der Waals surface area contributed by atoms with Gasteiger partial charge in [-0.2, -0.15) is 0 Å². The van der Waals surface area contributed by atoms with E-state index in [9.17, 15) is 5.11 Å². The lowest BCUT2D eigenvalue weighted by atomic mass is 10.2. The van der Waals surface area contributed by atoms with E-state index in [4.69, 9.17) is 24.5 Å². The van der Waals surface area contributed by atoms with Crippen LogP contribution in [-0.2, 0) is 20.9 Å². The molecule has 2 heterocycles. The van der Waals surface area contributed by atoms with E-state index in [2.05, 4.69) is 22.8 Å². The van der Waals surface area contributed by atoms with Gasteiger partial charge in [-0.05, 0) is 24.4 Å². The summed E-state index contributed by atoms with van der Waals surface area (Å²) in [5.41, 5.74) is 0. The maximum atomic E-state index is 10.0. The van der Waals surface area contributed by atoms with Crippen molar-refractivity contribution in [3.63, 3.8) is 0 Å². The van der Waals surface area contributed by atoms with Crippen LogP contribution >= 0.6 is 11.3 Å². The summed E-state index contributed by atoms with van der Waals surface area (Å²) in [5.74, 6) is -3.65. The predicted molar refractivity (Wildman–Crippen MR) is 98.4 cm³/mol. The zero-order valence-corrected chi connectivity index (χ0v) is 15.9. The molecule has 26 heavy (non-hydrogen) atoms. The molecule has 1 aliphatic rings. The third-order valence-corrected chi connectivity index (χ3v) is 4.64. The number of piperazine rings is 1. The highest BCUT2D eigenvalue weighted by Crippen LogP contribution is 2.10. The first kappa shape index (κ1) is 22.5. The molecular weight excluding hydrogens is 360 g/mol. The number of nitrogens with zero attached hydrogens (tertiary/aromatic N) is 2. The number of carboxylic acid groups (broad SMARTS) is 2. The van der Waals surface area contributed by atoms with Crippen LogP contribution in [0.4, 0.5) is 0 Å². The van der Waals surface area contributed by atoms with Crippen LogP contribution in [-0.4, -0.2) is 89.0 Å². The van der Waals surface area contributed by atoms with Gasteiger partial charge in [-0.1, -0.05) is 13.0 Å². The topological polar surface area (TPSA) is 111 Å². The van der Waals surface area contributed by atoms with Crippen molar-refractivity contribution in [3.05, 3.63) is 22.4 Å². The molecule has 0 amide bonds. The molecule has 0 saturated carbocycles. The summed E-state index contributed by atoms with van der Waals surface area (Å²) in [4.78, 5) is 24.2. The lowest BCUT2D eigenvalue weighted by molar-refractivity contribution is -0.159. The van der Waals surface area contributed by atoms with Gasteiger partial charge in [-0.3, -0.25) is 4.90 Å². The van der Waals surface area contributed by atoms with Gasteiger partial charge in [0.15, 0.2) is 0 Å². The maximum absolute atomic E-state index is 10.0. The third kappa shape index (κ3) is 9.83. The minimum atomic E-state index is -1.82. The zero-order valence-electron chi connectivity index (χ0n) is 15.0. The molecule has 1 fully saturated rings. The van der Waals surface area contributed by atoms with E-state index in [0.29, 0.717) is 13.2 Å². The van der Waals surface area contributed by atoms with Crippen LogP contribution in [0, 0.1) is 0 Å². The fraction of sp³-hybridized carbons (Fsp3) is 0.647. The van der Waals surface area contributed by atoms with Gasteiger partial charge in [0, 0.05) is 37.6 Å². The molecule has 2 rings (SSSR count). The molecule has 1 aromatic heterocycles. The van der Waals surface area contributed by atoms with Crippen molar-refractivity contribution in [1.82, 2.24) is 9.80 Å². The zero-order chi connectivity index (χ0) is 19.4. The number of aliphatic carboxylic acids is 2. The number of thiophene rings is 1. The van der Waals surface area contributed by atoms with Crippen molar-refractivity contribution in [3.8, 4) is 0 Å². The summed E-state index contributed by atoms with van der Waals surface area (Å²) in [5, 5.41) is 26.9. The Morgan fingerprint density at radius 1 is 1.19 bits per heavy atom. The molecule has 1 saturated heterocycles. The van der Waals surface area contributed by atoms with E-state index in [1.807, 2.05) is 11.4 Å². The van der Waals surface area contributed by atoms with E-state index in [0.717, 1.165) is 32.7 Å². The molecule has 9 heteroatoms. The SMILES string of the molecule is CCCN1CCN(CC(O)COCc2cccs2)CC1.O=C(O)C(=O)O. The highest BCUT2D eigenvalue weighted by molar-refractivity contribution is 7.09. The molecule has 1 aliphatic heterocycles. The first-order valence-corrected chi connectivity index (χ1v) is 9.49. The van der Waals surface area contributed by atoms with Gasteiger partial charge in [0.1, 0.15) is 0 Å². The minimum Gasteiger partial charge on any atom is -0.473 e. The molecule has 148 valence electrons. The first-order chi connectivity index (χ1) is 12.4. The highest BCUT2D eigenvalue weighted by Gasteiger charge is 2.18. The summed E-state index contributed by atoms with van der Waals surface area (Å²) in [6.07, 6.45) is 0.840. The van der Waals surface area contributed by atoms with Crippen molar-refractivity contribution >= 4 is 23.3 Å². The van der Waals surface area contributed by atoms with Crippen LogP contribution < -0.4 is 0 Å². The number of hydrogen-bond donors (Lipinski definition) is 3. The van der Waals surface area contributed by atoms with Crippen LogP contribution in [0.1, 0.15) is 18.2 Å². The molecule has 0 aromatic carbocycles. The Balaban J connectivity index is 0.000000487. The van der Waals surface area contributed by atoms with Crippen molar-refractivity contribution in [2.24, 2.45) is 0 Å². The number of carbonyl (C=O) groups is 2. The molecule has 1 unspecified atom stereocenters. The summed E-state index contributed by atoms with van der Waals surface area (Å²) in [6, 6.07) is 4.08. The summed E-state index contributed by atoms with van der Waals surface area (Å²) < 4.78 is 5.56. The normalized spacial score (nSPS) is 16.5. The highest BCUT2D eigenvalue weighted by atomic mass is 32.1. The lowest BCUT2D eigenvalue weighted by Gasteiger charge is -2.35. The predicted octanol–water partition coefficient (Wildman–Crippen LogP) is 0.809. The summed E-state index contributed by atoms with van der Waals surface area (Å²) >= 11 is 1.69. The molecule has 1 aromatic rings. The molecule has 0 spiro atoms. The summed E-state index contributed by atoms with van der Waals surface area (Å²) in [6.45, 7) is 9.54. The molecule has 1 atom stereocenters. The number of hydrogen-bond acceptors (Lipinski definition) is 7. The van der Waals surface area contributed by atoms with E-state index in [1.165, 1.54) is 17.8 Å². The average molecular weight is 388 g/mol. The fourth-order valence-electron chi connectivity index (χ4n) is 2.55.